The maximum absolute atomic E-state index is 12.8. The summed E-state index contributed by atoms with van der Waals surface area (Å²) in [5.41, 5.74) is 6.21. The number of benzene rings is 1. The molecule has 2 aliphatic rings. The second-order valence-electron chi connectivity index (χ2n) is 8.13. The predicted molar refractivity (Wildman–Crippen MR) is 116 cm³/mol. The third kappa shape index (κ3) is 7.35. The molecule has 0 aliphatic carbocycles. The summed E-state index contributed by atoms with van der Waals surface area (Å²) in [6.07, 6.45) is 2.99. The number of amides is 2. The fourth-order valence-electron chi connectivity index (χ4n) is 4.08. The number of phenols is 1. The first-order valence-corrected chi connectivity index (χ1v) is 10.8. The molecule has 2 saturated heterocycles. The molecule has 3 rings (SSSR count). The number of carboxylic acid groups (broad SMARTS) is 2. The number of primary amides is 1. The second kappa shape index (κ2) is 12.0. The van der Waals surface area contributed by atoms with E-state index in [1.807, 2.05) is 17.0 Å². The molecule has 11 nitrogen and oxygen atoms in total. The van der Waals surface area contributed by atoms with Gasteiger partial charge in [0, 0.05) is 37.0 Å². The number of nitrogens with two attached hydrogens (primary N) is 1. The Bertz CT molecular complexity index is 847. The van der Waals surface area contributed by atoms with E-state index in [4.69, 9.17) is 30.3 Å². The second-order valence-corrected chi connectivity index (χ2v) is 8.13. The van der Waals surface area contributed by atoms with E-state index in [9.17, 15) is 14.7 Å². The molecule has 5 N–H and O–H groups in total. The van der Waals surface area contributed by atoms with E-state index in [0.29, 0.717) is 38.2 Å². The van der Waals surface area contributed by atoms with Gasteiger partial charge < -0.3 is 30.7 Å². The first-order valence-electron chi connectivity index (χ1n) is 10.8. The van der Waals surface area contributed by atoms with E-state index < -0.39 is 11.9 Å². The van der Waals surface area contributed by atoms with Crippen LogP contribution in [0, 0.1) is 11.8 Å². The fourth-order valence-corrected chi connectivity index (χ4v) is 4.08. The van der Waals surface area contributed by atoms with Gasteiger partial charge in [0.05, 0.1) is 7.11 Å². The van der Waals surface area contributed by atoms with Crippen LogP contribution in [0.4, 0.5) is 0 Å². The Balaban J connectivity index is 0.000000569. The van der Waals surface area contributed by atoms with Crippen molar-refractivity contribution in [3.8, 4) is 11.5 Å². The number of hydrogen-bond acceptors (Lipinski definition) is 7. The molecule has 1 aromatic rings. The van der Waals surface area contributed by atoms with E-state index in [1.165, 1.54) is 0 Å². The SMILES string of the molecule is COc1cccc(CN2CCC(C(=O)N3CCC(C(N)=O)CC3)CC2)c1O.O=C(O)C(=O)O. The predicted octanol–water partition coefficient (Wildman–Crippen LogP) is 0.492. The molecule has 2 heterocycles. The van der Waals surface area contributed by atoms with Gasteiger partial charge in [0.15, 0.2) is 11.5 Å². The monoisotopic (exact) mass is 465 g/mol. The van der Waals surface area contributed by atoms with E-state index >= 15 is 0 Å². The van der Waals surface area contributed by atoms with Crippen molar-refractivity contribution < 1.29 is 39.2 Å². The lowest BCUT2D eigenvalue weighted by Crippen LogP contribution is -2.46. The number of piperidine rings is 2. The fraction of sp³-hybridized carbons (Fsp3) is 0.545. The van der Waals surface area contributed by atoms with E-state index in [1.54, 1.807) is 13.2 Å². The van der Waals surface area contributed by atoms with Gasteiger partial charge >= 0.3 is 11.9 Å². The number of carbonyl (C=O) groups is 4. The number of ether oxygens (including phenoxy) is 1. The minimum absolute atomic E-state index is 0.0466. The zero-order valence-corrected chi connectivity index (χ0v) is 18.6. The summed E-state index contributed by atoms with van der Waals surface area (Å²) in [5, 5.41) is 25.0. The summed E-state index contributed by atoms with van der Waals surface area (Å²) in [5.74, 6) is -3.06. The zero-order chi connectivity index (χ0) is 24.5. The molecule has 0 unspecified atom stereocenters. The standard InChI is InChI=1S/C20H29N3O4.C2H2O4/c1-27-17-4-2-3-16(18(17)24)13-22-9-5-15(6-10-22)20(26)23-11-7-14(8-12-23)19(21)25;3-1(4)2(5)6/h2-4,14-15,24H,5-13H2,1H3,(H2,21,25);(H,3,4)(H,5,6). The summed E-state index contributed by atoms with van der Waals surface area (Å²) in [7, 11) is 1.54. The van der Waals surface area contributed by atoms with E-state index in [-0.39, 0.29) is 29.4 Å². The normalized spacial score (nSPS) is 17.5. The van der Waals surface area contributed by atoms with Crippen LogP contribution >= 0.6 is 0 Å². The van der Waals surface area contributed by atoms with Gasteiger partial charge in [-0.25, -0.2) is 9.59 Å². The first-order chi connectivity index (χ1) is 15.6. The van der Waals surface area contributed by atoms with Crippen molar-refractivity contribution in [3.05, 3.63) is 23.8 Å². The van der Waals surface area contributed by atoms with Crippen molar-refractivity contribution in [1.82, 2.24) is 9.80 Å². The van der Waals surface area contributed by atoms with Crippen LogP contribution in [0.3, 0.4) is 0 Å². The number of carboxylic acids is 2. The van der Waals surface area contributed by atoms with Crippen LogP contribution < -0.4 is 10.5 Å². The van der Waals surface area contributed by atoms with Crippen LogP contribution in [-0.2, 0) is 25.7 Å². The molecular formula is C22H31N3O8. The molecule has 0 radical (unpaired) electrons. The van der Waals surface area contributed by atoms with Gasteiger partial charge in [-0.3, -0.25) is 14.5 Å². The van der Waals surface area contributed by atoms with Gasteiger partial charge in [0.25, 0.3) is 0 Å². The van der Waals surface area contributed by atoms with Crippen LogP contribution in [0.25, 0.3) is 0 Å². The highest BCUT2D eigenvalue weighted by Crippen LogP contribution is 2.31. The molecule has 2 amide bonds. The minimum atomic E-state index is -1.82. The Labute approximate surface area is 191 Å². The largest absolute Gasteiger partial charge is 0.504 e. The maximum atomic E-state index is 12.8. The van der Waals surface area contributed by atoms with Crippen LogP contribution in [0.1, 0.15) is 31.2 Å². The maximum Gasteiger partial charge on any atom is 0.414 e. The quantitative estimate of drug-likeness (QED) is 0.452. The van der Waals surface area contributed by atoms with Crippen molar-refractivity contribution in [3.63, 3.8) is 0 Å². The number of rotatable bonds is 5. The number of methoxy groups -OCH3 is 1. The number of likely N-dealkylation sites (tertiary alicyclic amines) is 2. The van der Waals surface area contributed by atoms with E-state index in [2.05, 4.69) is 4.90 Å². The zero-order valence-electron chi connectivity index (χ0n) is 18.6. The minimum Gasteiger partial charge on any atom is -0.504 e. The molecule has 0 bridgehead atoms. The molecule has 0 saturated carbocycles. The summed E-state index contributed by atoms with van der Waals surface area (Å²) in [4.78, 5) is 46.4. The Kier molecular flexibility index (Phi) is 9.46. The Hall–Kier alpha value is -3.34. The summed E-state index contributed by atoms with van der Waals surface area (Å²) < 4.78 is 5.17. The average Bonchev–Trinajstić information content (AvgIpc) is 2.81. The molecule has 11 heteroatoms. The van der Waals surface area contributed by atoms with Gasteiger partial charge in [-0.15, -0.1) is 0 Å². The molecular weight excluding hydrogens is 434 g/mol. The molecule has 0 atom stereocenters. The van der Waals surface area contributed by atoms with Crippen LogP contribution in [0.5, 0.6) is 11.5 Å². The number of para-hydroxylation sites is 1. The van der Waals surface area contributed by atoms with Crippen molar-refractivity contribution in [2.75, 3.05) is 33.3 Å². The number of aromatic hydroxyl groups is 1. The topological polar surface area (TPSA) is 171 Å². The molecule has 2 aliphatic heterocycles. The van der Waals surface area contributed by atoms with Crippen molar-refractivity contribution in [2.24, 2.45) is 17.6 Å². The Morgan fingerprint density at radius 1 is 0.970 bits per heavy atom. The molecule has 2 fully saturated rings. The summed E-state index contributed by atoms with van der Waals surface area (Å²) in [6, 6.07) is 5.52. The molecule has 33 heavy (non-hydrogen) atoms. The van der Waals surface area contributed by atoms with Gasteiger partial charge in [0.2, 0.25) is 11.8 Å². The number of phenolic OH excluding ortho intramolecular Hbond substituents is 1. The smallest absolute Gasteiger partial charge is 0.414 e. The third-order valence-corrected chi connectivity index (χ3v) is 6.03. The Morgan fingerprint density at radius 2 is 1.52 bits per heavy atom. The molecule has 0 spiro atoms. The van der Waals surface area contributed by atoms with Crippen LogP contribution in [-0.4, -0.2) is 82.2 Å². The van der Waals surface area contributed by atoms with Crippen molar-refractivity contribution >= 4 is 23.8 Å². The molecule has 1 aromatic carbocycles. The number of aliphatic carboxylic acids is 2. The highest BCUT2D eigenvalue weighted by Gasteiger charge is 2.32. The van der Waals surface area contributed by atoms with Crippen molar-refractivity contribution in [1.29, 1.82) is 0 Å². The van der Waals surface area contributed by atoms with E-state index in [0.717, 1.165) is 31.5 Å². The van der Waals surface area contributed by atoms with Crippen molar-refractivity contribution in [2.45, 2.75) is 32.2 Å². The summed E-state index contributed by atoms with van der Waals surface area (Å²) >= 11 is 0. The highest BCUT2D eigenvalue weighted by atomic mass is 16.5. The number of nitrogens with zero attached hydrogens (tertiary/aromatic N) is 2. The van der Waals surface area contributed by atoms with Gasteiger partial charge in [-0.2, -0.15) is 0 Å². The number of hydrogen-bond donors (Lipinski definition) is 4. The lowest BCUT2D eigenvalue weighted by molar-refractivity contribution is -0.159. The lowest BCUT2D eigenvalue weighted by Gasteiger charge is -2.36. The third-order valence-electron chi connectivity index (χ3n) is 6.03. The summed E-state index contributed by atoms with van der Waals surface area (Å²) in [6.45, 7) is 3.55. The van der Waals surface area contributed by atoms with Crippen LogP contribution in [0.15, 0.2) is 18.2 Å². The first kappa shape index (κ1) is 25.9. The average molecular weight is 466 g/mol. The molecule has 0 aromatic heterocycles. The Morgan fingerprint density at radius 3 is 2.00 bits per heavy atom. The van der Waals surface area contributed by atoms with Gasteiger partial charge in [0.1, 0.15) is 0 Å². The molecule has 182 valence electrons. The highest BCUT2D eigenvalue weighted by molar-refractivity contribution is 6.27. The lowest BCUT2D eigenvalue weighted by atomic mass is 9.91. The van der Waals surface area contributed by atoms with Gasteiger partial charge in [-0.1, -0.05) is 12.1 Å². The number of carbonyl (C=O) groups excluding carboxylic acids is 2. The van der Waals surface area contributed by atoms with Gasteiger partial charge in [-0.05, 0) is 44.8 Å². The van der Waals surface area contributed by atoms with Crippen LogP contribution in [0.2, 0.25) is 0 Å².